The van der Waals surface area contributed by atoms with E-state index in [4.69, 9.17) is 5.11 Å². The summed E-state index contributed by atoms with van der Waals surface area (Å²) >= 11 is 0. The highest BCUT2D eigenvalue weighted by Gasteiger charge is 2.07. The van der Waals surface area contributed by atoms with Crippen LogP contribution in [0.15, 0.2) is 42.5 Å². The minimum atomic E-state index is -0.373. The molecule has 0 aliphatic heterocycles. The predicted octanol–water partition coefficient (Wildman–Crippen LogP) is 2.60. The third-order valence-electron chi connectivity index (χ3n) is 3.34. The predicted molar refractivity (Wildman–Crippen MR) is 79.5 cm³/mol. The van der Waals surface area contributed by atoms with Gasteiger partial charge in [0.25, 0.3) is 5.91 Å². The van der Waals surface area contributed by atoms with E-state index in [1.54, 1.807) is 19.1 Å². The third-order valence-corrected chi connectivity index (χ3v) is 3.34. The molecule has 110 valence electrons. The van der Waals surface area contributed by atoms with Gasteiger partial charge in [-0.1, -0.05) is 30.3 Å². The van der Waals surface area contributed by atoms with Gasteiger partial charge in [0.05, 0.1) is 6.61 Å². The molecule has 0 atom stereocenters. The van der Waals surface area contributed by atoms with E-state index < -0.39 is 0 Å². The molecule has 0 fully saturated rings. The van der Waals surface area contributed by atoms with Crippen molar-refractivity contribution in [2.24, 2.45) is 0 Å². The molecule has 0 saturated heterocycles. The Morgan fingerprint density at radius 1 is 1.14 bits per heavy atom. The Balaban J connectivity index is 1.87. The second kappa shape index (κ2) is 6.99. The Hall–Kier alpha value is -2.20. The maximum atomic E-state index is 13.4. The fourth-order valence-corrected chi connectivity index (χ4v) is 1.97. The van der Waals surface area contributed by atoms with Crippen molar-refractivity contribution in [2.45, 2.75) is 20.0 Å². The molecular formula is C17H18FNO2. The van der Waals surface area contributed by atoms with Gasteiger partial charge in [-0.05, 0) is 42.2 Å². The lowest BCUT2D eigenvalue weighted by Gasteiger charge is -2.07. The summed E-state index contributed by atoms with van der Waals surface area (Å²) in [5.41, 5.74) is 2.78. The van der Waals surface area contributed by atoms with Crippen molar-refractivity contribution in [3.63, 3.8) is 0 Å². The average molecular weight is 287 g/mol. The second-order valence-corrected chi connectivity index (χ2v) is 4.94. The van der Waals surface area contributed by atoms with Crippen LogP contribution in [0.1, 0.15) is 27.0 Å². The van der Waals surface area contributed by atoms with Gasteiger partial charge in [0.2, 0.25) is 0 Å². The molecule has 1 amide bonds. The number of amides is 1. The van der Waals surface area contributed by atoms with Crippen LogP contribution in [0.2, 0.25) is 0 Å². The second-order valence-electron chi connectivity index (χ2n) is 4.94. The first-order valence-electron chi connectivity index (χ1n) is 6.83. The van der Waals surface area contributed by atoms with Gasteiger partial charge in [-0.25, -0.2) is 4.39 Å². The van der Waals surface area contributed by atoms with E-state index in [-0.39, 0.29) is 18.3 Å². The van der Waals surface area contributed by atoms with E-state index in [0.717, 1.165) is 11.1 Å². The summed E-state index contributed by atoms with van der Waals surface area (Å²) in [4.78, 5) is 11.9. The zero-order valence-corrected chi connectivity index (χ0v) is 11.9. The molecule has 0 radical (unpaired) electrons. The van der Waals surface area contributed by atoms with Crippen LogP contribution in [0.25, 0.3) is 0 Å². The molecule has 0 aromatic heterocycles. The lowest BCUT2D eigenvalue weighted by molar-refractivity contribution is 0.0953. The highest BCUT2D eigenvalue weighted by molar-refractivity contribution is 5.94. The molecule has 4 heteroatoms. The summed E-state index contributed by atoms with van der Waals surface area (Å²) in [5.74, 6) is -0.650. The Bertz CT molecular complexity index is 623. The van der Waals surface area contributed by atoms with Gasteiger partial charge in [-0.3, -0.25) is 4.79 Å². The van der Waals surface area contributed by atoms with E-state index >= 15 is 0 Å². The van der Waals surface area contributed by atoms with Crippen LogP contribution in [-0.2, 0) is 13.0 Å². The van der Waals surface area contributed by atoms with Gasteiger partial charge < -0.3 is 10.4 Å². The largest absolute Gasteiger partial charge is 0.392 e. The zero-order valence-electron chi connectivity index (χ0n) is 11.9. The first-order valence-corrected chi connectivity index (χ1v) is 6.83. The smallest absolute Gasteiger partial charge is 0.251 e. The number of aliphatic hydroxyl groups is 1. The standard InChI is InChI=1S/C17H18FNO2/c1-12-2-7-15(10-16(12)18)17(21)19-9-8-13-3-5-14(11-20)6-4-13/h2-7,10,20H,8-9,11H2,1H3,(H,19,21). The zero-order chi connectivity index (χ0) is 15.2. The highest BCUT2D eigenvalue weighted by Crippen LogP contribution is 2.09. The molecule has 21 heavy (non-hydrogen) atoms. The molecule has 2 aromatic rings. The molecule has 3 nitrogen and oxygen atoms in total. The summed E-state index contributed by atoms with van der Waals surface area (Å²) < 4.78 is 13.4. The van der Waals surface area contributed by atoms with E-state index in [2.05, 4.69) is 5.32 Å². The molecule has 0 aliphatic rings. The first kappa shape index (κ1) is 15.2. The summed E-state index contributed by atoms with van der Waals surface area (Å²) in [6, 6.07) is 12.0. The Morgan fingerprint density at radius 3 is 2.43 bits per heavy atom. The van der Waals surface area contributed by atoms with Crippen molar-refractivity contribution in [2.75, 3.05) is 6.54 Å². The van der Waals surface area contributed by atoms with Gasteiger partial charge in [0, 0.05) is 12.1 Å². The Labute approximate surface area is 123 Å². The Morgan fingerprint density at radius 2 is 1.81 bits per heavy atom. The molecule has 2 N–H and O–H groups in total. The van der Waals surface area contributed by atoms with E-state index in [0.29, 0.717) is 24.1 Å². The lowest BCUT2D eigenvalue weighted by atomic mass is 10.1. The third kappa shape index (κ3) is 4.13. The number of rotatable bonds is 5. The van der Waals surface area contributed by atoms with Crippen LogP contribution in [0, 0.1) is 12.7 Å². The van der Waals surface area contributed by atoms with E-state index in [1.165, 1.54) is 6.07 Å². The quantitative estimate of drug-likeness (QED) is 0.888. The number of halogens is 1. The summed E-state index contributed by atoms with van der Waals surface area (Å²) in [7, 11) is 0. The van der Waals surface area contributed by atoms with Crippen molar-refractivity contribution in [1.29, 1.82) is 0 Å². The molecule has 2 aromatic carbocycles. The number of aliphatic hydroxyl groups excluding tert-OH is 1. The lowest BCUT2D eigenvalue weighted by Crippen LogP contribution is -2.25. The minimum absolute atomic E-state index is 0.0238. The maximum Gasteiger partial charge on any atom is 0.251 e. The minimum Gasteiger partial charge on any atom is -0.392 e. The van der Waals surface area contributed by atoms with Crippen LogP contribution in [0.3, 0.4) is 0 Å². The fourth-order valence-electron chi connectivity index (χ4n) is 1.97. The number of hydrogen-bond acceptors (Lipinski definition) is 2. The van der Waals surface area contributed by atoms with Crippen LogP contribution >= 0.6 is 0 Å². The molecule has 0 bridgehead atoms. The normalized spacial score (nSPS) is 10.4. The molecule has 0 aliphatic carbocycles. The topological polar surface area (TPSA) is 49.3 Å². The number of carbonyl (C=O) groups is 1. The van der Waals surface area contributed by atoms with E-state index in [9.17, 15) is 9.18 Å². The molecule has 2 rings (SSSR count). The van der Waals surface area contributed by atoms with Crippen molar-refractivity contribution < 1.29 is 14.3 Å². The molecular weight excluding hydrogens is 269 g/mol. The average Bonchev–Trinajstić information content (AvgIpc) is 2.50. The molecule has 0 saturated carbocycles. The van der Waals surface area contributed by atoms with Gasteiger partial charge in [0.15, 0.2) is 0 Å². The van der Waals surface area contributed by atoms with Gasteiger partial charge >= 0.3 is 0 Å². The van der Waals surface area contributed by atoms with Crippen molar-refractivity contribution in [3.8, 4) is 0 Å². The van der Waals surface area contributed by atoms with Crippen molar-refractivity contribution >= 4 is 5.91 Å². The van der Waals surface area contributed by atoms with Crippen molar-refractivity contribution in [1.82, 2.24) is 5.32 Å². The number of benzene rings is 2. The van der Waals surface area contributed by atoms with Gasteiger partial charge in [-0.15, -0.1) is 0 Å². The molecule has 0 heterocycles. The highest BCUT2D eigenvalue weighted by atomic mass is 19.1. The van der Waals surface area contributed by atoms with Crippen molar-refractivity contribution in [3.05, 3.63) is 70.5 Å². The van der Waals surface area contributed by atoms with Crippen LogP contribution in [0.4, 0.5) is 4.39 Å². The van der Waals surface area contributed by atoms with Gasteiger partial charge in [0.1, 0.15) is 5.82 Å². The summed E-state index contributed by atoms with van der Waals surface area (Å²) in [6.07, 6.45) is 0.686. The van der Waals surface area contributed by atoms with Crippen LogP contribution in [0.5, 0.6) is 0 Å². The fraction of sp³-hybridized carbons (Fsp3) is 0.235. The summed E-state index contributed by atoms with van der Waals surface area (Å²) in [6.45, 7) is 2.16. The molecule has 0 unspecified atom stereocenters. The monoisotopic (exact) mass is 287 g/mol. The SMILES string of the molecule is Cc1ccc(C(=O)NCCc2ccc(CO)cc2)cc1F. The van der Waals surface area contributed by atoms with E-state index in [1.807, 2.05) is 24.3 Å². The first-order chi connectivity index (χ1) is 10.1. The number of hydrogen-bond donors (Lipinski definition) is 2. The number of nitrogens with one attached hydrogen (secondary N) is 1. The van der Waals surface area contributed by atoms with Gasteiger partial charge in [-0.2, -0.15) is 0 Å². The summed E-state index contributed by atoms with van der Waals surface area (Å²) in [5, 5.41) is 11.7. The number of carbonyl (C=O) groups excluding carboxylic acids is 1. The molecule has 0 spiro atoms. The Kier molecular flexibility index (Phi) is 5.06. The van der Waals surface area contributed by atoms with Crippen LogP contribution in [-0.4, -0.2) is 17.6 Å². The maximum absolute atomic E-state index is 13.4. The van der Waals surface area contributed by atoms with Crippen LogP contribution < -0.4 is 5.32 Å². The number of aryl methyl sites for hydroxylation is 1.